The van der Waals surface area contributed by atoms with E-state index in [2.05, 4.69) is 10.1 Å². The van der Waals surface area contributed by atoms with Gasteiger partial charge in [0, 0.05) is 11.1 Å². The number of rotatable bonds is 3. The van der Waals surface area contributed by atoms with Gasteiger partial charge in [-0.15, -0.1) is 0 Å². The monoisotopic (exact) mass is 264 g/mol. The highest BCUT2D eigenvalue weighted by molar-refractivity contribution is 6.31. The number of hydrogen-bond donors (Lipinski definition) is 1. The van der Waals surface area contributed by atoms with Crippen LogP contribution < -0.4 is 5.73 Å². The minimum Gasteiger partial charge on any atom is -0.326 e. The van der Waals surface area contributed by atoms with Gasteiger partial charge in [-0.1, -0.05) is 29.8 Å². The van der Waals surface area contributed by atoms with Crippen LogP contribution in [0.2, 0.25) is 5.02 Å². The Morgan fingerprint density at radius 2 is 1.94 bits per heavy atom. The number of nitrogens with zero attached hydrogens (tertiary/aromatic N) is 3. The van der Waals surface area contributed by atoms with Gasteiger partial charge in [0.25, 0.3) is 0 Å². The average molecular weight is 265 g/mol. The summed E-state index contributed by atoms with van der Waals surface area (Å²) >= 11 is 6.26. The van der Waals surface area contributed by atoms with Gasteiger partial charge in [-0.3, -0.25) is 0 Å². The van der Waals surface area contributed by atoms with E-state index in [-0.39, 0.29) is 12.1 Å². The van der Waals surface area contributed by atoms with Gasteiger partial charge in [0.1, 0.15) is 11.6 Å². The van der Waals surface area contributed by atoms with Gasteiger partial charge >= 0.3 is 0 Å². The molecular weight excluding hydrogens is 248 g/mol. The number of nitrogens with two attached hydrogens (primary N) is 1. The Morgan fingerprint density at radius 1 is 1.28 bits per heavy atom. The molecule has 0 spiro atoms. The predicted molar refractivity (Wildman–Crippen MR) is 72.7 cm³/mol. The first-order valence-corrected chi connectivity index (χ1v) is 6.28. The van der Waals surface area contributed by atoms with Crippen molar-refractivity contribution >= 4 is 11.6 Å². The van der Waals surface area contributed by atoms with Crippen LogP contribution in [0.5, 0.6) is 0 Å². The largest absolute Gasteiger partial charge is 0.326 e. The molecule has 2 rings (SSSR count). The van der Waals surface area contributed by atoms with E-state index in [1.165, 1.54) is 0 Å². The molecule has 1 aromatic carbocycles. The Balaban J connectivity index is 2.54. The van der Waals surface area contributed by atoms with Crippen LogP contribution >= 0.6 is 11.6 Å². The summed E-state index contributed by atoms with van der Waals surface area (Å²) in [5.74, 6) is 1.58. The molecule has 1 aromatic heterocycles. The molecule has 96 valence electrons. The zero-order valence-electron chi connectivity index (χ0n) is 10.8. The summed E-state index contributed by atoms with van der Waals surface area (Å²) < 4.78 is 1.85. The highest BCUT2D eigenvalue weighted by Crippen LogP contribution is 2.28. The molecule has 18 heavy (non-hydrogen) atoms. The van der Waals surface area contributed by atoms with Crippen molar-refractivity contribution in [3.63, 3.8) is 0 Å². The number of hydrogen-bond acceptors (Lipinski definition) is 3. The smallest absolute Gasteiger partial charge is 0.147 e. The van der Waals surface area contributed by atoms with Crippen molar-refractivity contribution in [3.05, 3.63) is 46.5 Å². The van der Waals surface area contributed by atoms with Crippen LogP contribution in [0.1, 0.15) is 30.2 Å². The van der Waals surface area contributed by atoms with E-state index in [0.29, 0.717) is 5.02 Å². The fourth-order valence-electron chi connectivity index (χ4n) is 2.15. The van der Waals surface area contributed by atoms with E-state index >= 15 is 0 Å². The fraction of sp³-hybridized carbons (Fsp3) is 0.385. The van der Waals surface area contributed by atoms with Crippen LogP contribution in [0.15, 0.2) is 24.3 Å². The van der Waals surface area contributed by atoms with Crippen molar-refractivity contribution < 1.29 is 0 Å². The minimum absolute atomic E-state index is 0.0973. The Morgan fingerprint density at radius 3 is 2.44 bits per heavy atom. The molecule has 2 unspecified atom stereocenters. The lowest BCUT2D eigenvalue weighted by molar-refractivity contribution is 0.442. The molecule has 0 aliphatic rings. The van der Waals surface area contributed by atoms with Crippen LogP contribution in [0.4, 0.5) is 0 Å². The summed E-state index contributed by atoms with van der Waals surface area (Å²) in [5, 5.41) is 5.12. The number of halogens is 1. The standard InChI is InChI=1S/C13H17ClN4/c1-8(15)13(11-6-4-5-7-12(11)14)18-10(3)16-9(2)17-18/h4-8,13H,15H2,1-3H3. The van der Waals surface area contributed by atoms with Crippen LogP contribution in [-0.4, -0.2) is 20.8 Å². The van der Waals surface area contributed by atoms with Gasteiger partial charge < -0.3 is 5.73 Å². The van der Waals surface area contributed by atoms with Crippen molar-refractivity contribution in [1.82, 2.24) is 14.8 Å². The second-order valence-electron chi connectivity index (χ2n) is 4.48. The minimum atomic E-state index is -0.107. The Labute approximate surface area is 112 Å². The Kier molecular flexibility index (Phi) is 3.68. The Hall–Kier alpha value is -1.39. The summed E-state index contributed by atoms with van der Waals surface area (Å²) in [6, 6.07) is 7.50. The van der Waals surface area contributed by atoms with Gasteiger partial charge in [-0.05, 0) is 32.4 Å². The molecule has 0 saturated carbocycles. The van der Waals surface area contributed by atoms with E-state index in [1.807, 2.05) is 49.7 Å². The maximum absolute atomic E-state index is 6.26. The molecule has 0 aliphatic heterocycles. The molecule has 1 heterocycles. The van der Waals surface area contributed by atoms with E-state index in [0.717, 1.165) is 17.2 Å². The quantitative estimate of drug-likeness (QED) is 0.927. The van der Waals surface area contributed by atoms with Gasteiger partial charge in [0.15, 0.2) is 0 Å². The highest BCUT2D eigenvalue weighted by Gasteiger charge is 2.23. The van der Waals surface area contributed by atoms with Gasteiger partial charge in [0.2, 0.25) is 0 Å². The normalized spacial score (nSPS) is 14.5. The molecule has 0 amide bonds. The molecule has 0 fully saturated rings. The van der Waals surface area contributed by atoms with E-state index < -0.39 is 0 Å². The topological polar surface area (TPSA) is 56.7 Å². The number of aromatic nitrogens is 3. The third-order valence-electron chi connectivity index (χ3n) is 2.89. The van der Waals surface area contributed by atoms with Crippen LogP contribution in [0.3, 0.4) is 0 Å². The first-order valence-electron chi connectivity index (χ1n) is 5.90. The van der Waals surface area contributed by atoms with Crippen molar-refractivity contribution in [1.29, 1.82) is 0 Å². The maximum atomic E-state index is 6.26. The molecule has 5 heteroatoms. The van der Waals surface area contributed by atoms with Gasteiger partial charge in [-0.2, -0.15) is 5.10 Å². The molecule has 0 saturated heterocycles. The predicted octanol–water partition coefficient (Wildman–Crippen LogP) is 2.48. The first-order chi connectivity index (χ1) is 8.50. The summed E-state index contributed by atoms with van der Waals surface area (Å²) in [6.45, 7) is 5.74. The summed E-state index contributed by atoms with van der Waals surface area (Å²) in [7, 11) is 0. The second kappa shape index (κ2) is 5.08. The third kappa shape index (κ3) is 2.40. The summed E-state index contributed by atoms with van der Waals surface area (Å²) in [4.78, 5) is 4.32. The second-order valence-corrected chi connectivity index (χ2v) is 4.88. The third-order valence-corrected chi connectivity index (χ3v) is 3.24. The van der Waals surface area contributed by atoms with Crippen LogP contribution in [0, 0.1) is 13.8 Å². The molecule has 4 nitrogen and oxygen atoms in total. The molecule has 0 bridgehead atoms. The van der Waals surface area contributed by atoms with Crippen molar-refractivity contribution in [2.75, 3.05) is 0 Å². The lowest BCUT2D eigenvalue weighted by Gasteiger charge is -2.23. The molecule has 0 radical (unpaired) electrons. The van der Waals surface area contributed by atoms with Gasteiger partial charge in [-0.25, -0.2) is 9.67 Å². The first kappa shape index (κ1) is 13.1. The van der Waals surface area contributed by atoms with Crippen molar-refractivity contribution in [3.8, 4) is 0 Å². The zero-order chi connectivity index (χ0) is 13.3. The lowest BCUT2D eigenvalue weighted by Crippen LogP contribution is -2.32. The molecular formula is C13H17ClN4. The van der Waals surface area contributed by atoms with E-state index in [9.17, 15) is 0 Å². The van der Waals surface area contributed by atoms with Gasteiger partial charge in [0.05, 0.1) is 6.04 Å². The summed E-state index contributed by atoms with van der Waals surface area (Å²) in [6.07, 6.45) is 0. The summed E-state index contributed by atoms with van der Waals surface area (Å²) in [5.41, 5.74) is 7.07. The maximum Gasteiger partial charge on any atom is 0.147 e. The zero-order valence-corrected chi connectivity index (χ0v) is 11.5. The number of benzene rings is 1. The highest BCUT2D eigenvalue weighted by atomic mass is 35.5. The fourth-order valence-corrected chi connectivity index (χ4v) is 2.40. The molecule has 0 aliphatic carbocycles. The van der Waals surface area contributed by atoms with Crippen LogP contribution in [0.25, 0.3) is 0 Å². The van der Waals surface area contributed by atoms with E-state index in [4.69, 9.17) is 17.3 Å². The van der Waals surface area contributed by atoms with E-state index in [1.54, 1.807) is 0 Å². The van der Waals surface area contributed by atoms with Crippen LogP contribution in [-0.2, 0) is 0 Å². The molecule has 2 N–H and O–H groups in total. The lowest BCUT2D eigenvalue weighted by atomic mass is 10.0. The Bertz CT molecular complexity index is 548. The number of aryl methyl sites for hydroxylation is 2. The van der Waals surface area contributed by atoms with Crippen molar-refractivity contribution in [2.45, 2.75) is 32.9 Å². The molecule has 2 atom stereocenters. The molecule has 2 aromatic rings. The average Bonchev–Trinajstić information content (AvgIpc) is 2.61. The SMILES string of the molecule is Cc1nc(C)n(C(c2ccccc2Cl)C(C)N)n1. The van der Waals surface area contributed by atoms with Crippen molar-refractivity contribution in [2.24, 2.45) is 5.73 Å².